The summed E-state index contributed by atoms with van der Waals surface area (Å²) in [4.78, 5) is 33.7. The average Bonchev–Trinajstić information content (AvgIpc) is 2.54. The van der Waals surface area contributed by atoms with Crippen molar-refractivity contribution in [3.63, 3.8) is 0 Å². The number of non-ortho nitro benzene ring substituents is 1. The average molecular weight is 346 g/mol. The first kappa shape index (κ1) is 18.1. The van der Waals surface area contributed by atoms with Gasteiger partial charge in [-0.3, -0.25) is 14.9 Å². The Morgan fingerprint density at radius 1 is 1.20 bits per heavy atom. The van der Waals surface area contributed by atoms with Gasteiger partial charge in [0.2, 0.25) is 0 Å². The van der Waals surface area contributed by atoms with Crippen molar-refractivity contribution in [1.29, 1.82) is 0 Å². The molecule has 130 valence electrons. The Morgan fingerprint density at radius 3 is 2.56 bits per heavy atom. The molecule has 0 bridgehead atoms. The first-order valence-electron chi connectivity index (χ1n) is 7.26. The van der Waals surface area contributed by atoms with Crippen molar-refractivity contribution in [2.45, 2.75) is 13.8 Å². The van der Waals surface area contributed by atoms with Crippen molar-refractivity contribution in [1.82, 2.24) is 0 Å². The molecule has 1 N–H and O–H groups in total. The maximum atomic E-state index is 13.6. The number of rotatable bonds is 5. The second-order valence-electron chi connectivity index (χ2n) is 5.36. The maximum Gasteiger partial charge on any atom is 0.338 e. The number of benzene rings is 2. The molecule has 0 unspecified atom stereocenters. The van der Waals surface area contributed by atoms with Crippen LogP contribution in [0.2, 0.25) is 0 Å². The first-order chi connectivity index (χ1) is 11.8. The molecule has 0 atom stereocenters. The Balaban J connectivity index is 2.00. The van der Waals surface area contributed by atoms with Gasteiger partial charge < -0.3 is 10.1 Å². The van der Waals surface area contributed by atoms with Gasteiger partial charge in [0, 0.05) is 12.1 Å². The highest BCUT2D eigenvalue weighted by Gasteiger charge is 2.16. The number of carbonyl (C=O) groups is 2. The van der Waals surface area contributed by atoms with Crippen molar-refractivity contribution >= 4 is 23.3 Å². The predicted molar refractivity (Wildman–Crippen MR) is 87.9 cm³/mol. The number of anilines is 1. The summed E-state index contributed by atoms with van der Waals surface area (Å²) in [5.74, 6) is -2.33. The molecule has 0 spiro atoms. The molecule has 2 rings (SSSR count). The second kappa shape index (κ2) is 7.52. The van der Waals surface area contributed by atoms with Crippen LogP contribution in [0, 0.1) is 29.8 Å². The van der Waals surface area contributed by atoms with E-state index in [1.54, 1.807) is 25.1 Å². The number of nitro benzene ring substituents is 1. The second-order valence-corrected chi connectivity index (χ2v) is 5.36. The fourth-order valence-corrected chi connectivity index (χ4v) is 2.16. The fourth-order valence-electron chi connectivity index (χ4n) is 2.16. The molecule has 25 heavy (non-hydrogen) atoms. The molecule has 0 aliphatic heterocycles. The summed E-state index contributed by atoms with van der Waals surface area (Å²) in [6, 6.07) is 7.86. The summed E-state index contributed by atoms with van der Waals surface area (Å²) >= 11 is 0. The molecule has 8 heteroatoms. The Bertz CT molecular complexity index is 851. The predicted octanol–water partition coefficient (Wildman–Crippen LogP) is 3.15. The quantitative estimate of drug-likeness (QED) is 0.509. The van der Waals surface area contributed by atoms with Gasteiger partial charge in [0.15, 0.2) is 6.61 Å². The fraction of sp³-hybridized carbons (Fsp3) is 0.176. The number of nitro groups is 1. The third kappa shape index (κ3) is 4.60. The van der Waals surface area contributed by atoms with Gasteiger partial charge in [-0.25, -0.2) is 9.18 Å². The number of amides is 1. The molecule has 2 aromatic carbocycles. The molecule has 0 aliphatic rings. The summed E-state index contributed by atoms with van der Waals surface area (Å²) in [7, 11) is 0. The van der Waals surface area contributed by atoms with Gasteiger partial charge in [-0.05, 0) is 31.5 Å². The summed E-state index contributed by atoms with van der Waals surface area (Å²) in [5, 5.41) is 12.8. The van der Waals surface area contributed by atoms with E-state index in [-0.39, 0.29) is 11.4 Å². The molecule has 0 aromatic heterocycles. The first-order valence-corrected chi connectivity index (χ1v) is 7.26. The zero-order chi connectivity index (χ0) is 18.6. The van der Waals surface area contributed by atoms with Gasteiger partial charge in [-0.1, -0.05) is 17.7 Å². The Morgan fingerprint density at radius 2 is 1.92 bits per heavy atom. The van der Waals surface area contributed by atoms with Gasteiger partial charge in [0.1, 0.15) is 5.82 Å². The van der Waals surface area contributed by atoms with E-state index in [2.05, 4.69) is 5.32 Å². The minimum absolute atomic E-state index is 0.319. The van der Waals surface area contributed by atoms with E-state index in [0.717, 1.165) is 23.8 Å². The zero-order valence-electron chi connectivity index (χ0n) is 13.5. The number of esters is 1. The highest BCUT2D eigenvalue weighted by Crippen LogP contribution is 2.21. The Kier molecular flexibility index (Phi) is 5.43. The van der Waals surface area contributed by atoms with Gasteiger partial charge in [-0.2, -0.15) is 0 Å². The van der Waals surface area contributed by atoms with Crippen LogP contribution in [0.25, 0.3) is 0 Å². The van der Waals surface area contributed by atoms with Crippen LogP contribution in [0.3, 0.4) is 0 Å². The van der Waals surface area contributed by atoms with Crippen molar-refractivity contribution < 1.29 is 23.6 Å². The van der Waals surface area contributed by atoms with Gasteiger partial charge in [0.25, 0.3) is 11.6 Å². The molecule has 2 aromatic rings. The largest absolute Gasteiger partial charge is 0.452 e. The van der Waals surface area contributed by atoms with Crippen molar-refractivity contribution in [2.75, 3.05) is 11.9 Å². The van der Waals surface area contributed by atoms with Gasteiger partial charge in [-0.15, -0.1) is 0 Å². The summed E-state index contributed by atoms with van der Waals surface area (Å²) in [6.45, 7) is 2.97. The molecular formula is C17H15FN2O5. The molecule has 0 aliphatic carbocycles. The smallest absolute Gasteiger partial charge is 0.338 e. The van der Waals surface area contributed by atoms with Crippen LogP contribution >= 0.6 is 0 Å². The molecule has 0 heterocycles. The summed E-state index contributed by atoms with van der Waals surface area (Å²) in [6.07, 6.45) is 0. The maximum absolute atomic E-state index is 13.6. The van der Waals surface area contributed by atoms with E-state index in [9.17, 15) is 24.1 Å². The highest BCUT2D eigenvalue weighted by molar-refractivity contribution is 5.96. The molecular weight excluding hydrogens is 331 g/mol. The molecule has 1 amide bonds. The van der Waals surface area contributed by atoms with E-state index in [4.69, 9.17) is 4.74 Å². The van der Waals surface area contributed by atoms with E-state index in [0.29, 0.717) is 11.1 Å². The van der Waals surface area contributed by atoms with Crippen LogP contribution in [-0.4, -0.2) is 23.4 Å². The van der Waals surface area contributed by atoms with Crippen LogP contribution in [0.4, 0.5) is 15.8 Å². The molecule has 0 fully saturated rings. The van der Waals surface area contributed by atoms with Crippen LogP contribution in [0.1, 0.15) is 21.5 Å². The molecule has 0 radical (unpaired) electrons. The van der Waals surface area contributed by atoms with E-state index >= 15 is 0 Å². The van der Waals surface area contributed by atoms with Crippen LogP contribution < -0.4 is 5.32 Å². The lowest BCUT2D eigenvalue weighted by Crippen LogP contribution is -2.21. The number of hydrogen-bond acceptors (Lipinski definition) is 5. The topological polar surface area (TPSA) is 98.5 Å². The lowest BCUT2D eigenvalue weighted by Gasteiger charge is -2.09. The lowest BCUT2D eigenvalue weighted by atomic mass is 10.1. The third-order valence-electron chi connectivity index (χ3n) is 3.37. The monoisotopic (exact) mass is 346 g/mol. The number of halogens is 1. The number of aryl methyl sites for hydroxylation is 2. The molecule has 0 saturated heterocycles. The Labute approximate surface area is 142 Å². The molecule has 7 nitrogen and oxygen atoms in total. The van der Waals surface area contributed by atoms with E-state index < -0.39 is 29.2 Å². The highest BCUT2D eigenvalue weighted by atomic mass is 19.1. The zero-order valence-corrected chi connectivity index (χ0v) is 13.5. The number of nitrogens with zero attached hydrogens (tertiary/aromatic N) is 1. The van der Waals surface area contributed by atoms with Crippen LogP contribution in [-0.2, 0) is 9.53 Å². The van der Waals surface area contributed by atoms with Crippen molar-refractivity contribution in [3.05, 3.63) is 69.0 Å². The van der Waals surface area contributed by atoms with E-state index in [1.165, 1.54) is 0 Å². The lowest BCUT2D eigenvalue weighted by molar-refractivity contribution is -0.384. The molecule has 0 saturated carbocycles. The van der Waals surface area contributed by atoms with Crippen molar-refractivity contribution in [3.8, 4) is 0 Å². The van der Waals surface area contributed by atoms with Gasteiger partial charge in [0.05, 0.1) is 16.2 Å². The number of nitrogens with one attached hydrogen (secondary N) is 1. The number of hydrogen-bond donors (Lipinski definition) is 1. The number of carbonyl (C=O) groups excluding carboxylic acids is 2. The Hall–Kier alpha value is -3.29. The minimum Gasteiger partial charge on any atom is -0.452 e. The van der Waals surface area contributed by atoms with Crippen LogP contribution in [0.5, 0.6) is 0 Å². The third-order valence-corrected chi connectivity index (χ3v) is 3.37. The summed E-state index contributed by atoms with van der Waals surface area (Å²) < 4.78 is 18.5. The standard InChI is InChI=1S/C17H15FN2O5/c1-10-3-5-13(11(2)7-10)17(22)25-9-16(21)19-15-8-12(20(23)24)4-6-14(15)18/h3-8H,9H2,1-2H3,(H,19,21). The van der Waals surface area contributed by atoms with Crippen molar-refractivity contribution in [2.24, 2.45) is 0 Å². The van der Waals surface area contributed by atoms with Gasteiger partial charge >= 0.3 is 5.97 Å². The van der Waals surface area contributed by atoms with Crippen LogP contribution in [0.15, 0.2) is 36.4 Å². The number of ether oxygens (including phenoxy) is 1. The normalized spacial score (nSPS) is 10.2. The van der Waals surface area contributed by atoms with E-state index in [1.807, 2.05) is 6.92 Å². The summed E-state index contributed by atoms with van der Waals surface area (Å²) in [5.41, 5.74) is 1.27. The minimum atomic E-state index is -0.834. The SMILES string of the molecule is Cc1ccc(C(=O)OCC(=O)Nc2cc([N+](=O)[O-])ccc2F)c(C)c1.